The largest absolute Gasteiger partial charge is 0.464 e. The summed E-state index contributed by atoms with van der Waals surface area (Å²) in [7, 11) is 1.90. The molecule has 2 nitrogen and oxygen atoms in total. The van der Waals surface area contributed by atoms with Gasteiger partial charge in [-0.3, -0.25) is 0 Å². The molecular formula is C17H15ClFNO. The van der Waals surface area contributed by atoms with Crippen LogP contribution < -0.4 is 5.32 Å². The highest BCUT2D eigenvalue weighted by atomic mass is 35.5. The zero-order valence-corrected chi connectivity index (χ0v) is 12.3. The van der Waals surface area contributed by atoms with Crippen molar-refractivity contribution in [2.75, 3.05) is 7.05 Å². The Hall–Kier alpha value is -1.84. The molecule has 1 atom stereocenters. The van der Waals surface area contributed by atoms with Gasteiger partial charge in [0.2, 0.25) is 0 Å². The number of para-hydroxylation sites is 1. The number of hydrogen-bond acceptors (Lipinski definition) is 2. The monoisotopic (exact) mass is 303 g/mol. The van der Waals surface area contributed by atoms with Gasteiger partial charge in [0.05, 0.1) is 11.3 Å². The lowest BCUT2D eigenvalue weighted by molar-refractivity contribution is 0.562. The molecule has 108 valence electrons. The zero-order valence-electron chi connectivity index (χ0n) is 11.6. The van der Waals surface area contributed by atoms with Gasteiger partial charge in [-0.2, -0.15) is 0 Å². The van der Waals surface area contributed by atoms with Crippen LogP contribution in [0.4, 0.5) is 4.39 Å². The van der Waals surface area contributed by atoms with Gasteiger partial charge in [-0.15, -0.1) is 0 Å². The van der Waals surface area contributed by atoms with Crippen molar-refractivity contribution in [1.29, 1.82) is 0 Å². The number of likely N-dealkylation sites (N-methyl/N-ethyl adjacent to an activating group) is 1. The van der Waals surface area contributed by atoms with E-state index in [0.29, 0.717) is 6.42 Å². The highest BCUT2D eigenvalue weighted by Gasteiger charge is 2.16. The number of halogens is 2. The summed E-state index contributed by atoms with van der Waals surface area (Å²) in [4.78, 5) is 0. The molecule has 3 rings (SSSR count). The molecule has 0 saturated carbocycles. The lowest BCUT2D eigenvalue weighted by atomic mass is 9.98. The highest BCUT2D eigenvalue weighted by molar-refractivity contribution is 6.30. The van der Waals surface area contributed by atoms with Crippen LogP contribution >= 0.6 is 11.6 Å². The van der Waals surface area contributed by atoms with E-state index < -0.39 is 5.82 Å². The maximum atomic E-state index is 13.2. The Kier molecular flexibility index (Phi) is 3.95. The van der Waals surface area contributed by atoms with Crippen LogP contribution in [0.3, 0.4) is 0 Å². The van der Waals surface area contributed by atoms with E-state index in [0.717, 1.165) is 22.1 Å². The lowest BCUT2D eigenvalue weighted by Gasteiger charge is -2.15. The molecule has 2 aromatic carbocycles. The molecule has 1 unspecified atom stereocenters. The summed E-state index contributed by atoms with van der Waals surface area (Å²) in [5, 5.41) is 4.52. The predicted octanol–water partition coefficient (Wildman–Crippen LogP) is 4.73. The second-order valence-corrected chi connectivity index (χ2v) is 5.39. The summed E-state index contributed by atoms with van der Waals surface area (Å²) < 4.78 is 18.8. The van der Waals surface area contributed by atoms with Gasteiger partial charge in [0.25, 0.3) is 0 Å². The number of hydrogen-bond donors (Lipinski definition) is 1. The Balaban J connectivity index is 1.93. The number of fused-ring (bicyclic) bond motifs is 1. The van der Waals surface area contributed by atoms with Crippen LogP contribution in [0, 0.1) is 5.82 Å². The van der Waals surface area contributed by atoms with Crippen LogP contribution in [0.5, 0.6) is 0 Å². The third kappa shape index (κ3) is 2.80. The van der Waals surface area contributed by atoms with E-state index >= 15 is 0 Å². The number of nitrogens with one attached hydrogen (secondary N) is 1. The first-order valence-corrected chi connectivity index (χ1v) is 7.14. The molecule has 0 aliphatic rings. The van der Waals surface area contributed by atoms with Gasteiger partial charge in [0, 0.05) is 17.0 Å². The quantitative estimate of drug-likeness (QED) is 0.754. The number of furan rings is 1. The SMILES string of the molecule is CNC(Cc1ccc(F)c(Cl)c1)c1coc2ccccc12. The Morgan fingerprint density at radius 1 is 1.24 bits per heavy atom. The van der Waals surface area contributed by atoms with E-state index in [2.05, 4.69) is 5.32 Å². The number of rotatable bonds is 4. The molecular weight excluding hydrogens is 289 g/mol. The lowest BCUT2D eigenvalue weighted by Crippen LogP contribution is -2.18. The molecule has 0 amide bonds. The molecule has 0 radical (unpaired) electrons. The molecule has 0 aliphatic carbocycles. The third-order valence-electron chi connectivity index (χ3n) is 3.66. The van der Waals surface area contributed by atoms with Crippen molar-refractivity contribution in [3.05, 3.63) is 70.7 Å². The molecule has 0 spiro atoms. The van der Waals surface area contributed by atoms with Crippen LogP contribution in [0.15, 0.2) is 53.1 Å². The summed E-state index contributed by atoms with van der Waals surface area (Å²) >= 11 is 5.85. The average molecular weight is 304 g/mol. The summed E-state index contributed by atoms with van der Waals surface area (Å²) in [5.74, 6) is -0.393. The van der Waals surface area contributed by atoms with E-state index in [4.69, 9.17) is 16.0 Å². The second-order valence-electron chi connectivity index (χ2n) is 4.98. The van der Waals surface area contributed by atoms with E-state index in [1.165, 1.54) is 6.07 Å². The summed E-state index contributed by atoms with van der Waals surface area (Å²) in [6.45, 7) is 0. The van der Waals surface area contributed by atoms with Crippen LogP contribution in [-0.4, -0.2) is 7.05 Å². The van der Waals surface area contributed by atoms with E-state index in [1.54, 1.807) is 18.4 Å². The fraction of sp³-hybridized carbons (Fsp3) is 0.176. The average Bonchev–Trinajstić information content (AvgIpc) is 2.92. The van der Waals surface area contributed by atoms with Crippen LogP contribution in [0.1, 0.15) is 17.2 Å². The topological polar surface area (TPSA) is 25.2 Å². The Morgan fingerprint density at radius 2 is 2.05 bits per heavy atom. The minimum atomic E-state index is -0.393. The Bertz CT molecular complexity index is 768. The van der Waals surface area contributed by atoms with Gasteiger partial charge in [0.1, 0.15) is 11.4 Å². The van der Waals surface area contributed by atoms with Gasteiger partial charge in [-0.25, -0.2) is 4.39 Å². The van der Waals surface area contributed by atoms with Crippen molar-refractivity contribution in [2.24, 2.45) is 0 Å². The first-order valence-electron chi connectivity index (χ1n) is 6.76. The molecule has 1 aromatic heterocycles. The predicted molar refractivity (Wildman–Crippen MR) is 83.1 cm³/mol. The van der Waals surface area contributed by atoms with Crippen molar-refractivity contribution in [1.82, 2.24) is 5.32 Å². The molecule has 0 fully saturated rings. The van der Waals surface area contributed by atoms with Crippen molar-refractivity contribution in [2.45, 2.75) is 12.5 Å². The van der Waals surface area contributed by atoms with Gasteiger partial charge >= 0.3 is 0 Å². The first kappa shape index (κ1) is 14.1. The summed E-state index contributed by atoms with van der Waals surface area (Å²) in [5.41, 5.74) is 2.93. The molecule has 1 heterocycles. The molecule has 0 bridgehead atoms. The molecule has 3 aromatic rings. The van der Waals surface area contributed by atoms with Crippen LogP contribution in [0.25, 0.3) is 11.0 Å². The highest BCUT2D eigenvalue weighted by Crippen LogP contribution is 2.29. The van der Waals surface area contributed by atoms with Crippen molar-refractivity contribution < 1.29 is 8.81 Å². The minimum Gasteiger partial charge on any atom is -0.464 e. The van der Waals surface area contributed by atoms with Gasteiger partial charge < -0.3 is 9.73 Å². The molecule has 4 heteroatoms. The Morgan fingerprint density at radius 3 is 2.81 bits per heavy atom. The molecule has 0 aliphatic heterocycles. The van der Waals surface area contributed by atoms with Crippen molar-refractivity contribution in [3.8, 4) is 0 Å². The maximum absolute atomic E-state index is 13.2. The fourth-order valence-corrected chi connectivity index (χ4v) is 2.74. The van der Waals surface area contributed by atoms with Gasteiger partial charge in [-0.05, 0) is 37.2 Å². The second kappa shape index (κ2) is 5.88. The van der Waals surface area contributed by atoms with E-state index in [1.807, 2.05) is 31.3 Å². The third-order valence-corrected chi connectivity index (χ3v) is 3.95. The van der Waals surface area contributed by atoms with Gasteiger partial charge in [0.15, 0.2) is 0 Å². The summed E-state index contributed by atoms with van der Waals surface area (Å²) in [6, 6.07) is 12.8. The number of benzene rings is 2. The smallest absolute Gasteiger partial charge is 0.141 e. The van der Waals surface area contributed by atoms with Crippen molar-refractivity contribution >= 4 is 22.6 Å². The zero-order chi connectivity index (χ0) is 14.8. The van der Waals surface area contributed by atoms with Gasteiger partial charge in [-0.1, -0.05) is 35.9 Å². The summed E-state index contributed by atoms with van der Waals surface area (Å²) in [6.07, 6.45) is 2.48. The van der Waals surface area contributed by atoms with E-state index in [9.17, 15) is 4.39 Å². The maximum Gasteiger partial charge on any atom is 0.141 e. The normalized spacial score (nSPS) is 12.7. The van der Waals surface area contributed by atoms with Crippen LogP contribution in [-0.2, 0) is 6.42 Å². The fourth-order valence-electron chi connectivity index (χ4n) is 2.54. The molecule has 1 N–H and O–H groups in total. The minimum absolute atomic E-state index is 0.0789. The standard InChI is InChI=1S/C17H15ClFNO/c1-20-16(9-11-6-7-15(19)14(18)8-11)13-10-21-17-5-3-2-4-12(13)17/h2-8,10,16,20H,9H2,1H3. The van der Waals surface area contributed by atoms with E-state index in [-0.39, 0.29) is 11.1 Å². The molecule has 21 heavy (non-hydrogen) atoms. The Labute approximate surface area is 127 Å². The molecule has 0 saturated heterocycles. The van der Waals surface area contributed by atoms with Crippen LogP contribution in [0.2, 0.25) is 5.02 Å². The first-order chi connectivity index (χ1) is 10.2. The van der Waals surface area contributed by atoms with Crippen molar-refractivity contribution in [3.63, 3.8) is 0 Å².